The van der Waals surface area contributed by atoms with Crippen molar-refractivity contribution in [3.8, 4) is 0 Å². The number of para-hydroxylation sites is 1. The molecule has 1 aromatic carbocycles. The van der Waals surface area contributed by atoms with Crippen LogP contribution >= 0.6 is 12.2 Å². The van der Waals surface area contributed by atoms with E-state index in [1.54, 1.807) is 13.0 Å². The zero-order valence-electron chi connectivity index (χ0n) is 17.1. The number of fused-ring (bicyclic) bond motifs is 1. The summed E-state index contributed by atoms with van der Waals surface area (Å²) in [5.74, 6) is 2.41. The monoisotopic (exact) mass is 411 g/mol. The summed E-state index contributed by atoms with van der Waals surface area (Å²) in [7, 11) is 0. The quantitative estimate of drug-likeness (QED) is 0.736. The van der Waals surface area contributed by atoms with Crippen molar-refractivity contribution >= 4 is 29.0 Å². The molecule has 5 nitrogen and oxygen atoms in total. The first-order valence-electron chi connectivity index (χ1n) is 10.9. The fourth-order valence-electron chi connectivity index (χ4n) is 6.84. The highest BCUT2D eigenvalue weighted by molar-refractivity contribution is 7.71. The Balaban J connectivity index is 1.40. The topological polar surface area (TPSA) is 66.9 Å². The van der Waals surface area contributed by atoms with Gasteiger partial charge in [-0.25, -0.2) is 0 Å². The summed E-state index contributed by atoms with van der Waals surface area (Å²) in [6.45, 7) is 3.93. The largest absolute Gasteiger partial charge is 0.351 e. The number of amides is 1. The first kappa shape index (κ1) is 19.0. The molecule has 0 spiro atoms. The van der Waals surface area contributed by atoms with Crippen LogP contribution in [0.15, 0.2) is 29.1 Å². The van der Waals surface area contributed by atoms with Crippen LogP contribution in [-0.2, 0) is 4.79 Å². The van der Waals surface area contributed by atoms with E-state index in [4.69, 9.17) is 12.2 Å². The van der Waals surface area contributed by atoms with Crippen LogP contribution in [0.3, 0.4) is 0 Å². The SMILES string of the molecule is C[C@H](C(=O)N[C@@H](C)C12CC3CC(CC(C3)C1)C2)n1c(=S)[nH]c2ccccc2c1=O. The van der Waals surface area contributed by atoms with E-state index in [0.717, 1.165) is 17.8 Å². The van der Waals surface area contributed by atoms with Gasteiger partial charge in [0.1, 0.15) is 6.04 Å². The molecule has 2 aromatic rings. The molecule has 0 aliphatic heterocycles. The third kappa shape index (κ3) is 3.07. The Morgan fingerprint density at radius 1 is 1.14 bits per heavy atom. The summed E-state index contributed by atoms with van der Waals surface area (Å²) >= 11 is 5.42. The van der Waals surface area contributed by atoms with Crippen LogP contribution in [0.25, 0.3) is 10.9 Å². The van der Waals surface area contributed by atoms with Crippen molar-refractivity contribution in [3.63, 3.8) is 0 Å². The van der Waals surface area contributed by atoms with E-state index < -0.39 is 6.04 Å². The first-order valence-corrected chi connectivity index (χ1v) is 11.3. The standard InChI is InChI=1S/C23H29N3O2S/c1-13(26-21(28)18-5-3-4-6-19(18)25-22(26)29)20(27)24-14(2)23-10-15-7-16(11-23)9-17(8-15)12-23/h3-6,13-17H,7-12H2,1-2H3,(H,24,27)(H,25,29)/t13-,14+,15?,16?,17?,23?/m1/s1. The molecule has 6 heteroatoms. The van der Waals surface area contributed by atoms with Gasteiger partial charge in [-0.05, 0) is 99.9 Å². The number of aromatic nitrogens is 2. The van der Waals surface area contributed by atoms with Gasteiger partial charge in [-0.1, -0.05) is 12.1 Å². The summed E-state index contributed by atoms with van der Waals surface area (Å²) in [6.07, 6.45) is 7.88. The molecule has 1 heterocycles. The minimum atomic E-state index is -0.646. The number of nitrogens with zero attached hydrogens (tertiary/aromatic N) is 1. The molecule has 4 fully saturated rings. The minimum absolute atomic E-state index is 0.120. The molecule has 29 heavy (non-hydrogen) atoms. The maximum Gasteiger partial charge on any atom is 0.262 e. The number of carbonyl (C=O) groups is 1. The van der Waals surface area contributed by atoms with Crippen LogP contribution in [0, 0.1) is 27.9 Å². The Morgan fingerprint density at radius 2 is 1.72 bits per heavy atom. The number of nitrogens with one attached hydrogen (secondary N) is 2. The van der Waals surface area contributed by atoms with Crippen molar-refractivity contribution in [2.75, 3.05) is 0 Å². The number of hydrogen-bond acceptors (Lipinski definition) is 3. The molecular weight excluding hydrogens is 382 g/mol. The Labute approximate surface area is 175 Å². The average Bonchev–Trinajstić information content (AvgIpc) is 2.66. The Morgan fingerprint density at radius 3 is 2.34 bits per heavy atom. The second-order valence-electron chi connectivity index (χ2n) is 9.84. The predicted molar refractivity (Wildman–Crippen MR) is 116 cm³/mol. The first-order chi connectivity index (χ1) is 13.9. The van der Waals surface area contributed by atoms with E-state index in [9.17, 15) is 9.59 Å². The highest BCUT2D eigenvalue weighted by Gasteiger charge is 2.53. The van der Waals surface area contributed by atoms with Gasteiger partial charge in [0.15, 0.2) is 4.77 Å². The maximum atomic E-state index is 13.2. The van der Waals surface area contributed by atoms with Gasteiger partial charge in [-0.3, -0.25) is 14.2 Å². The van der Waals surface area contributed by atoms with Crippen LogP contribution in [0.1, 0.15) is 58.4 Å². The molecule has 4 bridgehead atoms. The van der Waals surface area contributed by atoms with E-state index in [2.05, 4.69) is 17.2 Å². The smallest absolute Gasteiger partial charge is 0.262 e. The molecule has 4 saturated carbocycles. The summed E-state index contributed by atoms with van der Waals surface area (Å²) in [6, 6.07) is 6.76. The molecule has 1 aromatic heterocycles. The molecule has 0 radical (unpaired) electrons. The van der Waals surface area contributed by atoms with Gasteiger partial charge < -0.3 is 10.3 Å². The van der Waals surface area contributed by atoms with Crippen LogP contribution in [-0.4, -0.2) is 21.5 Å². The van der Waals surface area contributed by atoms with Crippen molar-refractivity contribution in [2.24, 2.45) is 23.2 Å². The van der Waals surface area contributed by atoms with Crippen molar-refractivity contribution in [2.45, 2.75) is 64.5 Å². The molecule has 154 valence electrons. The third-order valence-electron chi connectivity index (χ3n) is 7.97. The number of hydrogen-bond donors (Lipinski definition) is 2. The lowest BCUT2D eigenvalue weighted by Crippen LogP contribution is -2.56. The van der Waals surface area contributed by atoms with E-state index >= 15 is 0 Å². The molecule has 0 unspecified atom stereocenters. The fourth-order valence-corrected chi connectivity index (χ4v) is 7.19. The van der Waals surface area contributed by atoms with E-state index in [0.29, 0.717) is 15.7 Å². The van der Waals surface area contributed by atoms with E-state index in [1.165, 1.54) is 43.1 Å². The molecule has 2 N–H and O–H groups in total. The molecule has 2 atom stereocenters. The Hall–Kier alpha value is -1.95. The molecule has 1 amide bonds. The van der Waals surface area contributed by atoms with Crippen LogP contribution in [0.2, 0.25) is 0 Å². The maximum absolute atomic E-state index is 13.2. The number of H-pyrrole nitrogens is 1. The van der Waals surface area contributed by atoms with Crippen molar-refractivity contribution in [1.82, 2.24) is 14.9 Å². The average molecular weight is 412 g/mol. The van der Waals surface area contributed by atoms with Gasteiger partial charge in [-0.15, -0.1) is 0 Å². The number of carbonyl (C=O) groups excluding carboxylic acids is 1. The fraction of sp³-hybridized carbons (Fsp3) is 0.609. The molecule has 0 saturated heterocycles. The van der Waals surface area contributed by atoms with Gasteiger partial charge in [0.25, 0.3) is 5.56 Å². The van der Waals surface area contributed by atoms with Gasteiger partial charge in [0, 0.05) is 6.04 Å². The third-order valence-corrected chi connectivity index (χ3v) is 8.27. The van der Waals surface area contributed by atoms with Crippen LogP contribution in [0.4, 0.5) is 0 Å². The summed E-state index contributed by atoms with van der Waals surface area (Å²) < 4.78 is 1.71. The molecular formula is C23H29N3O2S. The van der Waals surface area contributed by atoms with Gasteiger partial charge in [0.2, 0.25) is 5.91 Å². The van der Waals surface area contributed by atoms with Gasteiger partial charge >= 0.3 is 0 Å². The van der Waals surface area contributed by atoms with Gasteiger partial charge in [-0.2, -0.15) is 0 Å². The second kappa shape index (κ2) is 6.79. The van der Waals surface area contributed by atoms with Gasteiger partial charge in [0.05, 0.1) is 10.9 Å². The Kier molecular flexibility index (Phi) is 4.46. The number of aromatic amines is 1. The zero-order chi connectivity index (χ0) is 20.3. The summed E-state index contributed by atoms with van der Waals surface area (Å²) in [4.78, 5) is 29.3. The normalized spacial score (nSPS) is 32.3. The zero-order valence-corrected chi connectivity index (χ0v) is 17.9. The van der Waals surface area contributed by atoms with Crippen molar-refractivity contribution < 1.29 is 4.79 Å². The highest BCUT2D eigenvalue weighted by atomic mass is 32.1. The predicted octanol–water partition coefficient (Wildman–Crippen LogP) is 4.34. The van der Waals surface area contributed by atoms with Crippen molar-refractivity contribution in [3.05, 3.63) is 39.4 Å². The summed E-state index contributed by atoms with van der Waals surface area (Å²) in [5.41, 5.74) is 0.726. The Bertz CT molecular complexity index is 1050. The number of benzene rings is 1. The van der Waals surface area contributed by atoms with Crippen LogP contribution in [0.5, 0.6) is 0 Å². The molecule has 4 aliphatic carbocycles. The highest BCUT2D eigenvalue weighted by Crippen LogP contribution is 2.61. The number of rotatable bonds is 4. The van der Waals surface area contributed by atoms with E-state index in [-0.39, 0.29) is 22.9 Å². The summed E-state index contributed by atoms with van der Waals surface area (Å²) in [5, 5.41) is 3.83. The van der Waals surface area contributed by atoms with Crippen molar-refractivity contribution in [1.29, 1.82) is 0 Å². The molecule has 6 rings (SSSR count). The lowest BCUT2D eigenvalue weighted by atomic mass is 9.48. The minimum Gasteiger partial charge on any atom is -0.351 e. The lowest BCUT2D eigenvalue weighted by Gasteiger charge is -2.59. The van der Waals surface area contributed by atoms with E-state index in [1.807, 2.05) is 18.2 Å². The second-order valence-corrected chi connectivity index (χ2v) is 10.2. The van der Waals surface area contributed by atoms with Crippen LogP contribution < -0.4 is 10.9 Å². The molecule has 4 aliphatic rings. The lowest BCUT2D eigenvalue weighted by molar-refractivity contribution is -0.128.